The standard InChI is InChI=1S/C20H23N5O/c1-3-25(16-8-6-5-7-9-16)20-18(21)19(22-14-23-20)24-15-10-12-17(13-11-15)26-4-2/h5-14H,3-4,21H2,1-2H3,(H,22,23,24). The number of aromatic nitrogens is 2. The van der Waals surface area contributed by atoms with Gasteiger partial charge in [-0.25, -0.2) is 9.97 Å². The van der Waals surface area contributed by atoms with E-state index in [-0.39, 0.29) is 0 Å². The van der Waals surface area contributed by atoms with Gasteiger partial charge in [0.05, 0.1) is 6.61 Å². The van der Waals surface area contributed by atoms with Crippen molar-refractivity contribution in [2.45, 2.75) is 13.8 Å². The van der Waals surface area contributed by atoms with Gasteiger partial charge in [-0.1, -0.05) is 18.2 Å². The number of para-hydroxylation sites is 1. The van der Waals surface area contributed by atoms with Crippen LogP contribution >= 0.6 is 0 Å². The number of hydrogen-bond acceptors (Lipinski definition) is 6. The van der Waals surface area contributed by atoms with Gasteiger partial charge in [-0.2, -0.15) is 0 Å². The Bertz CT molecular complexity index is 837. The Labute approximate surface area is 153 Å². The third kappa shape index (κ3) is 3.85. The summed E-state index contributed by atoms with van der Waals surface area (Å²) in [6, 6.07) is 17.7. The number of anilines is 5. The Morgan fingerprint density at radius 2 is 1.73 bits per heavy atom. The average Bonchev–Trinajstić information content (AvgIpc) is 2.68. The van der Waals surface area contributed by atoms with Crippen molar-refractivity contribution in [2.24, 2.45) is 0 Å². The topological polar surface area (TPSA) is 76.3 Å². The molecular formula is C20H23N5O. The molecule has 2 aromatic carbocycles. The van der Waals surface area contributed by atoms with Crippen LogP contribution in [0.3, 0.4) is 0 Å². The van der Waals surface area contributed by atoms with Crippen molar-refractivity contribution in [2.75, 3.05) is 29.1 Å². The zero-order valence-corrected chi connectivity index (χ0v) is 15.0. The molecule has 6 nitrogen and oxygen atoms in total. The Morgan fingerprint density at radius 1 is 1.00 bits per heavy atom. The molecule has 0 saturated heterocycles. The Kier molecular flexibility index (Phi) is 5.53. The minimum Gasteiger partial charge on any atom is -0.494 e. The van der Waals surface area contributed by atoms with Gasteiger partial charge in [-0.15, -0.1) is 0 Å². The number of hydrogen-bond donors (Lipinski definition) is 2. The Balaban J connectivity index is 1.87. The molecule has 1 heterocycles. The molecule has 26 heavy (non-hydrogen) atoms. The summed E-state index contributed by atoms with van der Waals surface area (Å²) in [6.07, 6.45) is 1.52. The maximum Gasteiger partial charge on any atom is 0.161 e. The van der Waals surface area contributed by atoms with Gasteiger partial charge in [0.2, 0.25) is 0 Å². The van der Waals surface area contributed by atoms with Gasteiger partial charge in [-0.3, -0.25) is 0 Å². The molecule has 3 aromatic rings. The highest BCUT2D eigenvalue weighted by atomic mass is 16.5. The maximum atomic E-state index is 6.37. The highest BCUT2D eigenvalue weighted by molar-refractivity contribution is 5.81. The zero-order chi connectivity index (χ0) is 18.4. The molecule has 0 aliphatic carbocycles. The van der Waals surface area contributed by atoms with Gasteiger partial charge in [-0.05, 0) is 50.2 Å². The number of nitrogen functional groups attached to an aromatic ring is 1. The highest BCUT2D eigenvalue weighted by Gasteiger charge is 2.15. The molecule has 0 bridgehead atoms. The largest absolute Gasteiger partial charge is 0.494 e. The van der Waals surface area contributed by atoms with Crippen LogP contribution in [0.25, 0.3) is 0 Å². The minimum atomic E-state index is 0.507. The summed E-state index contributed by atoms with van der Waals surface area (Å²) >= 11 is 0. The van der Waals surface area contributed by atoms with E-state index in [9.17, 15) is 0 Å². The lowest BCUT2D eigenvalue weighted by Gasteiger charge is -2.24. The van der Waals surface area contributed by atoms with Crippen molar-refractivity contribution < 1.29 is 4.74 Å². The Morgan fingerprint density at radius 3 is 2.38 bits per heavy atom. The van der Waals surface area contributed by atoms with E-state index in [1.54, 1.807) is 0 Å². The first-order chi connectivity index (χ1) is 12.7. The normalized spacial score (nSPS) is 10.4. The molecular weight excluding hydrogens is 326 g/mol. The van der Waals surface area contributed by atoms with Crippen LogP contribution in [0, 0.1) is 0 Å². The fourth-order valence-electron chi connectivity index (χ4n) is 2.70. The molecule has 6 heteroatoms. The number of benzene rings is 2. The third-order valence-corrected chi connectivity index (χ3v) is 3.93. The van der Waals surface area contributed by atoms with Crippen LogP contribution in [0.5, 0.6) is 5.75 Å². The molecule has 3 N–H and O–H groups in total. The van der Waals surface area contributed by atoms with Crippen molar-refractivity contribution in [3.63, 3.8) is 0 Å². The number of nitrogens with one attached hydrogen (secondary N) is 1. The van der Waals surface area contributed by atoms with Crippen molar-refractivity contribution >= 4 is 28.7 Å². The van der Waals surface area contributed by atoms with Gasteiger partial charge < -0.3 is 20.7 Å². The van der Waals surface area contributed by atoms with Crippen LogP contribution in [0.1, 0.15) is 13.8 Å². The molecule has 0 atom stereocenters. The molecule has 0 unspecified atom stereocenters. The van der Waals surface area contributed by atoms with Crippen LogP contribution in [0.15, 0.2) is 60.9 Å². The van der Waals surface area contributed by atoms with E-state index in [1.807, 2.05) is 61.5 Å². The fourth-order valence-corrected chi connectivity index (χ4v) is 2.70. The summed E-state index contributed by atoms with van der Waals surface area (Å²) in [5, 5.41) is 3.25. The van der Waals surface area contributed by atoms with Gasteiger partial charge in [0.1, 0.15) is 17.8 Å². The van der Waals surface area contributed by atoms with E-state index in [2.05, 4.69) is 27.1 Å². The van der Waals surface area contributed by atoms with E-state index in [4.69, 9.17) is 10.5 Å². The van der Waals surface area contributed by atoms with Crippen LogP contribution in [-0.2, 0) is 0 Å². The molecule has 0 fully saturated rings. The van der Waals surface area contributed by atoms with Crippen molar-refractivity contribution in [1.29, 1.82) is 0 Å². The lowest BCUT2D eigenvalue weighted by atomic mass is 10.2. The van der Waals surface area contributed by atoms with Gasteiger partial charge >= 0.3 is 0 Å². The molecule has 1 aromatic heterocycles. The van der Waals surface area contributed by atoms with E-state index in [1.165, 1.54) is 6.33 Å². The first-order valence-corrected chi connectivity index (χ1v) is 8.65. The van der Waals surface area contributed by atoms with E-state index < -0.39 is 0 Å². The maximum absolute atomic E-state index is 6.37. The van der Waals surface area contributed by atoms with Crippen LogP contribution in [0.4, 0.5) is 28.7 Å². The van der Waals surface area contributed by atoms with Crippen LogP contribution in [-0.4, -0.2) is 23.1 Å². The summed E-state index contributed by atoms with van der Waals surface area (Å²) in [7, 11) is 0. The molecule has 3 rings (SSSR count). The summed E-state index contributed by atoms with van der Waals surface area (Å²) in [5.41, 5.74) is 8.79. The molecule has 0 aliphatic heterocycles. The first-order valence-electron chi connectivity index (χ1n) is 8.65. The third-order valence-electron chi connectivity index (χ3n) is 3.93. The van der Waals surface area contributed by atoms with E-state index in [0.29, 0.717) is 23.9 Å². The quantitative estimate of drug-likeness (QED) is 0.660. The van der Waals surface area contributed by atoms with Gasteiger partial charge in [0, 0.05) is 17.9 Å². The van der Waals surface area contributed by atoms with Gasteiger partial charge in [0.15, 0.2) is 11.6 Å². The summed E-state index contributed by atoms with van der Waals surface area (Å²) in [6.45, 7) is 5.41. The molecule has 0 aliphatic rings. The zero-order valence-electron chi connectivity index (χ0n) is 15.0. The molecule has 0 saturated carbocycles. The van der Waals surface area contributed by atoms with Crippen molar-refractivity contribution in [3.8, 4) is 5.75 Å². The van der Waals surface area contributed by atoms with E-state index >= 15 is 0 Å². The second kappa shape index (κ2) is 8.20. The average molecular weight is 349 g/mol. The SMILES string of the molecule is CCOc1ccc(Nc2ncnc(N(CC)c3ccccc3)c2N)cc1. The minimum absolute atomic E-state index is 0.507. The summed E-state index contributed by atoms with van der Waals surface area (Å²) < 4.78 is 5.46. The highest BCUT2D eigenvalue weighted by Crippen LogP contribution is 2.32. The molecule has 134 valence electrons. The smallest absolute Gasteiger partial charge is 0.161 e. The molecule has 0 amide bonds. The molecule has 0 radical (unpaired) electrons. The molecule has 0 spiro atoms. The lowest BCUT2D eigenvalue weighted by Crippen LogP contribution is -2.19. The van der Waals surface area contributed by atoms with Crippen molar-refractivity contribution in [3.05, 3.63) is 60.9 Å². The predicted molar refractivity (Wildman–Crippen MR) is 106 cm³/mol. The summed E-state index contributed by atoms with van der Waals surface area (Å²) in [5.74, 6) is 2.09. The van der Waals surface area contributed by atoms with Crippen LogP contribution in [0.2, 0.25) is 0 Å². The number of nitrogens with two attached hydrogens (primary N) is 1. The van der Waals surface area contributed by atoms with E-state index in [0.717, 1.165) is 23.7 Å². The second-order valence-electron chi connectivity index (χ2n) is 5.62. The number of rotatable bonds is 7. The predicted octanol–water partition coefficient (Wildman–Crippen LogP) is 4.36. The second-order valence-corrected chi connectivity index (χ2v) is 5.62. The monoisotopic (exact) mass is 349 g/mol. The van der Waals surface area contributed by atoms with Crippen LogP contribution < -0.4 is 20.7 Å². The summed E-state index contributed by atoms with van der Waals surface area (Å²) in [4.78, 5) is 10.8. The van der Waals surface area contributed by atoms with Gasteiger partial charge in [0.25, 0.3) is 0 Å². The number of ether oxygens (including phenoxy) is 1. The van der Waals surface area contributed by atoms with Crippen molar-refractivity contribution in [1.82, 2.24) is 9.97 Å². The first kappa shape index (κ1) is 17.5. The fraction of sp³-hybridized carbons (Fsp3) is 0.200. The lowest BCUT2D eigenvalue weighted by molar-refractivity contribution is 0.340. The number of nitrogens with zero attached hydrogens (tertiary/aromatic N) is 3. The Hall–Kier alpha value is -3.28.